The van der Waals surface area contributed by atoms with Gasteiger partial charge in [-0.05, 0) is 0 Å². The third-order valence-electron chi connectivity index (χ3n) is 2.97. The van der Waals surface area contributed by atoms with E-state index in [1.165, 1.54) is 22.7 Å². The molecule has 2 unspecified atom stereocenters. The molecular formula is C14H10Br2O2S2Se. The summed E-state index contributed by atoms with van der Waals surface area (Å²) in [5, 5.41) is 24.9. The van der Waals surface area contributed by atoms with Gasteiger partial charge in [-0.2, -0.15) is 0 Å². The van der Waals surface area contributed by atoms with Crippen LogP contribution in [0.4, 0.5) is 0 Å². The van der Waals surface area contributed by atoms with Gasteiger partial charge in [-0.25, -0.2) is 0 Å². The first-order valence-electron chi connectivity index (χ1n) is 5.99. The van der Waals surface area contributed by atoms with Crippen LogP contribution in [0.15, 0.2) is 44.0 Å². The Morgan fingerprint density at radius 2 is 1.24 bits per heavy atom. The minimum atomic E-state index is -0.591. The zero-order valence-corrected chi connectivity index (χ0v) is 17.0. The van der Waals surface area contributed by atoms with Gasteiger partial charge in [0.15, 0.2) is 0 Å². The first-order valence-corrected chi connectivity index (χ1v) is 11.1. The van der Waals surface area contributed by atoms with E-state index in [9.17, 15) is 10.2 Å². The summed E-state index contributed by atoms with van der Waals surface area (Å²) in [6.45, 7) is 0. The maximum atomic E-state index is 10.5. The molecule has 0 amide bonds. The molecule has 2 atom stereocenters. The molecule has 110 valence electrons. The van der Waals surface area contributed by atoms with Crippen LogP contribution in [0, 0.1) is 0 Å². The van der Waals surface area contributed by atoms with Gasteiger partial charge in [-0.1, -0.05) is 0 Å². The maximum absolute atomic E-state index is 10.5. The van der Waals surface area contributed by atoms with Crippen molar-refractivity contribution >= 4 is 69.0 Å². The number of thiophene rings is 2. The number of rotatable bonds is 4. The topological polar surface area (TPSA) is 40.5 Å². The van der Waals surface area contributed by atoms with Gasteiger partial charge >= 0.3 is 154 Å². The van der Waals surface area contributed by atoms with E-state index in [4.69, 9.17) is 0 Å². The van der Waals surface area contributed by atoms with E-state index in [0.29, 0.717) is 0 Å². The van der Waals surface area contributed by atoms with Crippen molar-refractivity contribution in [1.82, 2.24) is 0 Å². The molecule has 0 bridgehead atoms. The molecule has 0 aliphatic rings. The summed E-state index contributed by atoms with van der Waals surface area (Å²) < 4.78 is 3.83. The summed E-state index contributed by atoms with van der Waals surface area (Å²) in [6.07, 6.45) is -1.18. The second-order valence-corrected chi connectivity index (χ2v) is 10.3. The molecule has 7 heteroatoms. The van der Waals surface area contributed by atoms with Crippen molar-refractivity contribution < 1.29 is 10.2 Å². The monoisotopic (exact) mass is 512 g/mol. The van der Waals surface area contributed by atoms with Gasteiger partial charge in [0.2, 0.25) is 0 Å². The summed E-state index contributed by atoms with van der Waals surface area (Å²) in [4.78, 5) is 1.84. The summed E-state index contributed by atoms with van der Waals surface area (Å²) in [7, 11) is 0. The molecule has 0 saturated carbocycles. The normalized spacial score (nSPS) is 14.3. The Morgan fingerprint density at radius 1 is 0.810 bits per heavy atom. The van der Waals surface area contributed by atoms with Gasteiger partial charge in [0.05, 0.1) is 0 Å². The molecule has 0 spiro atoms. The van der Waals surface area contributed by atoms with Crippen molar-refractivity contribution in [1.29, 1.82) is 0 Å². The fourth-order valence-electron chi connectivity index (χ4n) is 1.92. The van der Waals surface area contributed by atoms with Gasteiger partial charge in [0, 0.05) is 0 Å². The number of hydrogen-bond acceptors (Lipinski definition) is 4. The van der Waals surface area contributed by atoms with Crippen LogP contribution in [-0.4, -0.2) is 24.7 Å². The fourth-order valence-corrected chi connectivity index (χ4v) is 7.55. The van der Waals surface area contributed by atoms with E-state index in [2.05, 4.69) is 31.9 Å². The van der Waals surface area contributed by atoms with Crippen LogP contribution in [0.2, 0.25) is 0 Å². The summed E-state index contributed by atoms with van der Waals surface area (Å²) in [5.41, 5.74) is 0. The molecule has 0 radical (unpaired) electrons. The van der Waals surface area contributed by atoms with E-state index in [0.717, 1.165) is 27.6 Å². The number of hydrogen-bond donors (Lipinski definition) is 2. The molecule has 3 aromatic rings. The fraction of sp³-hybridized carbons (Fsp3) is 0.143. The van der Waals surface area contributed by atoms with Gasteiger partial charge in [0.25, 0.3) is 0 Å². The van der Waals surface area contributed by atoms with Gasteiger partial charge in [-0.3, -0.25) is 0 Å². The Kier molecular flexibility index (Phi) is 5.23. The molecule has 3 aromatic heterocycles. The average molecular weight is 513 g/mol. The van der Waals surface area contributed by atoms with Crippen LogP contribution >= 0.6 is 54.5 Å². The Bertz CT molecular complexity index is 689. The van der Waals surface area contributed by atoms with Gasteiger partial charge in [0.1, 0.15) is 0 Å². The standard InChI is InChI=1S/C14H10Br2O2S2Se/c15-7-3-5-19-13(7)11(17)9-1-2-10(21-9)12(18)14-8(16)4-6-20-14/h1-6,11-12,17-18H. The molecule has 0 fully saturated rings. The predicted molar refractivity (Wildman–Crippen MR) is 95.5 cm³/mol. The first-order chi connectivity index (χ1) is 10.1. The molecule has 3 heterocycles. The van der Waals surface area contributed by atoms with E-state index in [-0.39, 0.29) is 14.5 Å². The SMILES string of the molecule is OC(c1ccc(C(O)c2sccc2Br)[se]1)c1sccc1Br. The molecule has 2 N–H and O–H groups in total. The predicted octanol–water partition coefficient (Wildman–Crippen LogP) is 4.56. The number of aliphatic hydroxyl groups excluding tert-OH is 2. The molecule has 0 aromatic carbocycles. The molecule has 3 rings (SSSR count). The van der Waals surface area contributed by atoms with Crippen molar-refractivity contribution in [2.75, 3.05) is 0 Å². The van der Waals surface area contributed by atoms with Crippen LogP contribution < -0.4 is 0 Å². The Balaban J connectivity index is 1.87. The molecular weight excluding hydrogens is 503 g/mol. The van der Waals surface area contributed by atoms with Crippen molar-refractivity contribution in [2.45, 2.75) is 12.2 Å². The van der Waals surface area contributed by atoms with E-state index >= 15 is 0 Å². The number of aliphatic hydroxyl groups is 2. The quantitative estimate of drug-likeness (QED) is 0.503. The van der Waals surface area contributed by atoms with Crippen molar-refractivity contribution in [3.05, 3.63) is 62.6 Å². The first kappa shape index (κ1) is 16.1. The van der Waals surface area contributed by atoms with Crippen LogP contribution in [0.3, 0.4) is 0 Å². The third-order valence-corrected chi connectivity index (χ3v) is 9.32. The van der Waals surface area contributed by atoms with E-state index in [1.54, 1.807) is 0 Å². The second-order valence-electron chi connectivity index (χ2n) is 4.31. The van der Waals surface area contributed by atoms with Gasteiger partial charge < -0.3 is 0 Å². The van der Waals surface area contributed by atoms with Crippen molar-refractivity contribution in [3.63, 3.8) is 0 Å². The van der Waals surface area contributed by atoms with Crippen LogP contribution in [0.5, 0.6) is 0 Å². The second kappa shape index (κ2) is 6.81. The zero-order valence-electron chi connectivity index (χ0n) is 10.5. The molecule has 0 saturated heterocycles. The summed E-state index contributed by atoms with van der Waals surface area (Å²) in [6, 6.07) is 7.77. The molecule has 0 aliphatic carbocycles. The molecule has 2 nitrogen and oxygen atoms in total. The molecule has 0 aliphatic heterocycles. The summed E-state index contributed by atoms with van der Waals surface area (Å²) in [5.74, 6) is 0. The van der Waals surface area contributed by atoms with Crippen molar-refractivity contribution in [3.8, 4) is 0 Å². The van der Waals surface area contributed by atoms with Gasteiger partial charge in [-0.15, -0.1) is 0 Å². The Hall–Kier alpha value is 0.279. The summed E-state index contributed by atoms with van der Waals surface area (Å²) >= 11 is 9.95. The average Bonchev–Trinajstić information content (AvgIpc) is 3.17. The van der Waals surface area contributed by atoms with Crippen LogP contribution in [0.25, 0.3) is 0 Å². The number of halogens is 2. The van der Waals surface area contributed by atoms with E-state index in [1.807, 2.05) is 35.0 Å². The zero-order chi connectivity index (χ0) is 15.0. The van der Waals surface area contributed by atoms with Crippen LogP contribution in [-0.2, 0) is 0 Å². The minimum absolute atomic E-state index is 0.0360. The molecule has 21 heavy (non-hydrogen) atoms. The van der Waals surface area contributed by atoms with E-state index < -0.39 is 12.2 Å². The third kappa shape index (κ3) is 3.31. The van der Waals surface area contributed by atoms with Crippen LogP contribution in [0.1, 0.15) is 30.8 Å². The Morgan fingerprint density at radius 3 is 1.57 bits per heavy atom. The van der Waals surface area contributed by atoms with Crippen molar-refractivity contribution in [2.24, 2.45) is 0 Å². The Labute approximate surface area is 153 Å².